The van der Waals surface area contributed by atoms with Crippen LogP contribution >= 0.6 is 0 Å². The Kier molecular flexibility index (Phi) is 4.37. The molecule has 110 valence electrons. The highest BCUT2D eigenvalue weighted by atomic mass is 19.1. The van der Waals surface area contributed by atoms with Crippen LogP contribution in [0.3, 0.4) is 0 Å². The molecule has 0 unspecified atom stereocenters. The van der Waals surface area contributed by atoms with Crippen LogP contribution in [0.25, 0.3) is 0 Å². The summed E-state index contributed by atoms with van der Waals surface area (Å²) in [5.74, 6) is -1.06. The molecule has 0 fully saturated rings. The number of hydrogen-bond acceptors (Lipinski definition) is 5. The quantitative estimate of drug-likeness (QED) is 0.626. The predicted octanol–water partition coefficient (Wildman–Crippen LogP) is 2.99. The Labute approximate surface area is 120 Å². The largest absolute Gasteiger partial charge is 0.486 e. The molecule has 0 saturated carbocycles. The van der Waals surface area contributed by atoms with Crippen molar-refractivity contribution in [3.63, 3.8) is 0 Å². The van der Waals surface area contributed by atoms with E-state index in [4.69, 9.17) is 9.15 Å². The molecule has 1 aromatic heterocycles. The van der Waals surface area contributed by atoms with Crippen molar-refractivity contribution in [3.8, 4) is 5.75 Å². The van der Waals surface area contributed by atoms with E-state index in [1.807, 2.05) is 0 Å². The fourth-order valence-electron chi connectivity index (χ4n) is 1.76. The minimum absolute atomic E-state index is 0.00408. The van der Waals surface area contributed by atoms with Crippen molar-refractivity contribution in [2.75, 3.05) is 7.11 Å². The molecule has 0 aliphatic rings. The Morgan fingerprint density at radius 1 is 1.24 bits per heavy atom. The lowest BCUT2D eigenvalue weighted by Gasteiger charge is -2.07. The first-order valence-electron chi connectivity index (χ1n) is 6.11. The first kappa shape index (κ1) is 14.8. The Balaban J connectivity index is 2.10. The summed E-state index contributed by atoms with van der Waals surface area (Å²) < 4.78 is 28.7. The van der Waals surface area contributed by atoms with Crippen LogP contribution in [0.5, 0.6) is 5.75 Å². The van der Waals surface area contributed by atoms with Crippen molar-refractivity contribution in [3.05, 3.63) is 53.2 Å². The van der Waals surface area contributed by atoms with E-state index in [0.29, 0.717) is 0 Å². The van der Waals surface area contributed by atoms with Gasteiger partial charge in [-0.1, -0.05) is 0 Å². The number of carbonyl (C=O) groups is 2. The van der Waals surface area contributed by atoms with Crippen LogP contribution in [0.1, 0.15) is 33.4 Å². The number of methoxy groups -OCH3 is 1. The summed E-state index contributed by atoms with van der Waals surface area (Å²) in [6, 6.07) is 5.39. The van der Waals surface area contributed by atoms with Gasteiger partial charge in [0.1, 0.15) is 23.7 Å². The van der Waals surface area contributed by atoms with Gasteiger partial charge in [-0.2, -0.15) is 0 Å². The zero-order valence-electron chi connectivity index (χ0n) is 11.5. The number of benzene rings is 1. The zero-order valence-corrected chi connectivity index (χ0v) is 11.5. The van der Waals surface area contributed by atoms with Crippen molar-refractivity contribution in [2.45, 2.75) is 13.5 Å². The van der Waals surface area contributed by atoms with E-state index in [9.17, 15) is 14.0 Å². The number of halogens is 1. The van der Waals surface area contributed by atoms with Crippen LogP contribution in [-0.2, 0) is 11.3 Å². The molecule has 0 amide bonds. The molecule has 0 bridgehead atoms. The molecule has 0 aliphatic carbocycles. The fraction of sp³-hybridized carbons (Fsp3) is 0.200. The summed E-state index contributed by atoms with van der Waals surface area (Å²) >= 11 is 0. The molecule has 0 radical (unpaired) electrons. The second kappa shape index (κ2) is 6.21. The Bertz CT molecular complexity index is 674. The van der Waals surface area contributed by atoms with E-state index in [1.54, 1.807) is 0 Å². The van der Waals surface area contributed by atoms with E-state index in [2.05, 4.69) is 4.74 Å². The summed E-state index contributed by atoms with van der Waals surface area (Å²) in [7, 11) is 1.26. The molecule has 1 heterocycles. The highest BCUT2D eigenvalue weighted by Gasteiger charge is 2.16. The van der Waals surface area contributed by atoms with Gasteiger partial charge >= 0.3 is 5.97 Å². The van der Waals surface area contributed by atoms with Crippen molar-refractivity contribution in [1.29, 1.82) is 0 Å². The molecule has 2 rings (SSSR count). The fourth-order valence-corrected chi connectivity index (χ4v) is 1.76. The van der Waals surface area contributed by atoms with Crippen LogP contribution in [0.2, 0.25) is 0 Å². The molecule has 0 N–H and O–H groups in total. The van der Waals surface area contributed by atoms with Gasteiger partial charge in [0.2, 0.25) is 0 Å². The van der Waals surface area contributed by atoms with Gasteiger partial charge in [0.25, 0.3) is 0 Å². The second-order valence-corrected chi connectivity index (χ2v) is 4.24. The molecule has 0 saturated heterocycles. The SMILES string of the molecule is COC(=O)c1ccoc1COc1ccc(C(C)=O)c(F)c1. The monoisotopic (exact) mass is 292 g/mol. The summed E-state index contributed by atoms with van der Waals surface area (Å²) in [6.07, 6.45) is 1.34. The first-order chi connectivity index (χ1) is 10.0. The van der Waals surface area contributed by atoms with E-state index >= 15 is 0 Å². The number of esters is 1. The molecule has 2 aromatic rings. The maximum absolute atomic E-state index is 13.6. The van der Waals surface area contributed by atoms with E-state index in [1.165, 1.54) is 38.5 Å². The number of furan rings is 1. The highest BCUT2D eigenvalue weighted by molar-refractivity contribution is 5.94. The van der Waals surface area contributed by atoms with Gasteiger partial charge in [-0.25, -0.2) is 9.18 Å². The van der Waals surface area contributed by atoms with Crippen molar-refractivity contribution < 1.29 is 27.9 Å². The standard InChI is InChI=1S/C15H13FO5/c1-9(17)11-4-3-10(7-13(11)16)21-8-14-12(5-6-20-14)15(18)19-2/h3-7H,8H2,1-2H3. The molecule has 1 aromatic carbocycles. The lowest BCUT2D eigenvalue weighted by molar-refractivity contribution is 0.0595. The van der Waals surface area contributed by atoms with Gasteiger partial charge in [0.05, 0.1) is 18.9 Å². The maximum Gasteiger partial charge on any atom is 0.341 e. The molecule has 0 aliphatic heterocycles. The lowest BCUT2D eigenvalue weighted by atomic mass is 10.1. The molecular formula is C15H13FO5. The summed E-state index contributed by atoms with van der Waals surface area (Å²) in [5, 5.41) is 0. The van der Waals surface area contributed by atoms with Crippen molar-refractivity contribution >= 4 is 11.8 Å². The minimum Gasteiger partial charge on any atom is -0.486 e. The maximum atomic E-state index is 13.6. The third-order valence-corrected chi connectivity index (χ3v) is 2.84. The number of rotatable bonds is 5. The van der Waals surface area contributed by atoms with Gasteiger partial charge in [-0.15, -0.1) is 0 Å². The second-order valence-electron chi connectivity index (χ2n) is 4.24. The van der Waals surface area contributed by atoms with Gasteiger partial charge < -0.3 is 13.9 Å². The minimum atomic E-state index is -0.660. The number of hydrogen-bond donors (Lipinski definition) is 0. The van der Waals surface area contributed by atoms with E-state index in [0.717, 1.165) is 6.07 Å². The highest BCUT2D eigenvalue weighted by Crippen LogP contribution is 2.20. The Hall–Kier alpha value is -2.63. The van der Waals surface area contributed by atoms with Gasteiger partial charge in [0.15, 0.2) is 11.5 Å². The number of ketones is 1. The van der Waals surface area contributed by atoms with Crippen LogP contribution < -0.4 is 4.74 Å². The Morgan fingerprint density at radius 2 is 2.00 bits per heavy atom. The van der Waals surface area contributed by atoms with E-state index < -0.39 is 11.8 Å². The Morgan fingerprint density at radius 3 is 2.62 bits per heavy atom. The van der Waals surface area contributed by atoms with Gasteiger partial charge in [0, 0.05) is 6.07 Å². The van der Waals surface area contributed by atoms with Crippen LogP contribution in [-0.4, -0.2) is 18.9 Å². The molecule has 0 spiro atoms. The van der Waals surface area contributed by atoms with Crippen molar-refractivity contribution in [1.82, 2.24) is 0 Å². The number of Topliss-reactive ketones (excluding diaryl/α,β-unsaturated/α-hetero) is 1. The number of carbonyl (C=O) groups excluding carboxylic acids is 2. The average Bonchev–Trinajstić information content (AvgIpc) is 2.92. The van der Waals surface area contributed by atoms with Crippen LogP contribution in [0, 0.1) is 5.82 Å². The average molecular weight is 292 g/mol. The molecule has 21 heavy (non-hydrogen) atoms. The van der Waals surface area contributed by atoms with Crippen molar-refractivity contribution in [2.24, 2.45) is 0 Å². The van der Waals surface area contributed by atoms with Gasteiger partial charge in [-0.05, 0) is 25.1 Å². The third kappa shape index (κ3) is 3.28. The predicted molar refractivity (Wildman–Crippen MR) is 70.8 cm³/mol. The van der Waals surface area contributed by atoms with Crippen LogP contribution in [0.15, 0.2) is 34.9 Å². The van der Waals surface area contributed by atoms with Gasteiger partial charge in [-0.3, -0.25) is 4.79 Å². The normalized spacial score (nSPS) is 10.2. The number of ether oxygens (including phenoxy) is 2. The molecule has 0 atom stereocenters. The smallest absolute Gasteiger partial charge is 0.341 e. The first-order valence-corrected chi connectivity index (χ1v) is 6.11. The molecular weight excluding hydrogens is 279 g/mol. The summed E-state index contributed by atoms with van der Waals surface area (Å²) in [4.78, 5) is 22.6. The third-order valence-electron chi connectivity index (χ3n) is 2.84. The summed E-state index contributed by atoms with van der Waals surface area (Å²) in [5.41, 5.74) is 0.244. The topological polar surface area (TPSA) is 65.7 Å². The molecule has 6 heteroatoms. The summed E-state index contributed by atoms with van der Waals surface area (Å²) in [6.45, 7) is 1.22. The van der Waals surface area contributed by atoms with E-state index in [-0.39, 0.29) is 35.0 Å². The van der Waals surface area contributed by atoms with Crippen LogP contribution in [0.4, 0.5) is 4.39 Å². The molecule has 5 nitrogen and oxygen atoms in total. The zero-order chi connectivity index (χ0) is 15.4. The lowest BCUT2D eigenvalue weighted by Crippen LogP contribution is -2.05.